The van der Waals surface area contributed by atoms with E-state index in [9.17, 15) is 14.4 Å². The SMILES string of the molecule is C[C@H]1CCCC[C@H]1NC(=O)COC(=O)CN1C(=O)CSc2ccccc21. The summed E-state index contributed by atoms with van der Waals surface area (Å²) in [4.78, 5) is 38.7. The number of carbonyl (C=O) groups is 3. The molecule has 1 aliphatic heterocycles. The minimum Gasteiger partial charge on any atom is -0.454 e. The average molecular weight is 376 g/mol. The normalized spacial score (nSPS) is 22.5. The van der Waals surface area contributed by atoms with Crippen LogP contribution in [-0.4, -0.2) is 42.7 Å². The lowest BCUT2D eigenvalue weighted by atomic mass is 9.86. The fraction of sp³-hybridized carbons (Fsp3) is 0.526. The smallest absolute Gasteiger partial charge is 0.326 e. The number of nitrogens with one attached hydrogen (secondary N) is 1. The van der Waals surface area contributed by atoms with Gasteiger partial charge >= 0.3 is 5.97 Å². The van der Waals surface area contributed by atoms with E-state index in [1.807, 2.05) is 24.3 Å². The minimum absolute atomic E-state index is 0.133. The summed E-state index contributed by atoms with van der Waals surface area (Å²) in [5.41, 5.74) is 0.714. The number of ether oxygens (including phenoxy) is 1. The molecule has 0 saturated heterocycles. The Kier molecular flexibility index (Phi) is 6.19. The van der Waals surface area contributed by atoms with Crippen LogP contribution in [0.4, 0.5) is 5.69 Å². The van der Waals surface area contributed by atoms with Gasteiger partial charge in [0.15, 0.2) is 6.61 Å². The Morgan fingerprint density at radius 3 is 2.85 bits per heavy atom. The summed E-state index contributed by atoms with van der Waals surface area (Å²) < 4.78 is 5.10. The van der Waals surface area contributed by atoms with E-state index in [4.69, 9.17) is 4.74 Å². The summed E-state index contributed by atoms with van der Waals surface area (Å²) in [6.07, 6.45) is 4.40. The number of benzene rings is 1. The van der Waals surface area contributed by atoms with Crippen molar-refractivity contribution in [2.24, 2.45) is 5.92 Å². The van der Waals surface area contributed by atoms with Crippen molar-refractivity contribution in [3.05, 3.63) is 24.3 Å². The fourth-order valence-corrected chi connectivity index (χ4v) is 4.36. The maximum Gasteiger partial charge on any atom is 0.326 e. The van der Waals surface area contributed by atoms with Crippen LogP contribution in [0.5, 0.6) is 0 Å². The Bertz CT molecular complexity index is 694. The third-order valence-corrected chi connectivity index (χ3v) is 5.97. The summed E-state index contributed by atoms with van der Waals surface area (Å²) in [5, 5.41) is 2.95. The lowest BCUT2D eigenvalue weighted by molar-refractivity contribution is -0.148. The van der Waals surface area contributed by atoms with Crippen molar-refractivity contribution in [1.29, 1.82) is 0 Å². The molecule has 2 amide bonds. The van der Waals surface area contributed by atoms with Crippen molar-refractivity contribution in [1.82, 2.24) is 5.32 Å². The number of thioether (sulfide) groups is 1. The molecule has 1 saturated carbocycles. The van der Waals surface area contributed by atoms with Crippen LogP contribution < -0.4 is 10.2 Å². The third kappa shape index (κ3) is 4.58. The maximum absolute atomic E-state index is 12.1. The monoisotopic (exact) mass is 376 g/mol. The van der Waals surface area contributed by atoms with Gasteiger partial charge in [-0.1, -0.05) is 31.9 Å². The first-order chi connectivity index (χ1) is 12.5. The number of hydrogen-bond donors (Lipinski definition) is 1. The van der Waals surface area contributed by atoms with Gasteiger partial charge in [-0.15, -0.1) is 11.8 Å². The Balaban J connectivity index is 1.50. The van der Waals surface area contributed by atoms with Crippen LogP contribution in [0, 0.1) is 5.92 Å². The highest BCUT2D eigenvalue weighted by Crippen LogP contribution is 2.34. The first kappa shape index (κ1) is 18.8. The second-order valence-electron chi connectivity index (χ2n) is 6.83. The highest BCUT2D eigenvalue weighted by atomic mass is 32.2. The number of fused-ring (bicyclic) bond motifs is 1. The first-order valence-electron chi connectivity index (χ1n) is 9.02. The van der Waals surface area contributed by atoms with Gasteiger partial charge < -0.3 is 10.1 Å². The van der Waals surface area contributed by atoms with E-state index in [0.717, 1.165) is 24.2 Å². The number of rotatable bonds is 5. The Morgan fingerprint density at radius 2 is 2.04 bits per heavy atom. The van der Waals surface area contributed by atoms with Gasteiger partial charge in [0.05, 0.1) is 11.4 Å². The number of nitrogens with zero attached hydrogens (tertiary/aromatic N) is 1. The van der Waals surface area contributed by atoms with Crippen molar-refractivity contribution in [2.75, 3.05) is 23.8 Å². The number of anilines is 1. The molecular formula is C19H24N2O4S. The minimum atomic E-state index is -0.577. The van der Waals surface area contributed by atoms with E-state index < -0.39 is 5.97 Å². The van der Waals surface area contributed by atoms with Gasteiger partial charge in [0.2, 0.25) is 5.91 Å². The molecule has 0 bridgehead atoms. The van der Waals surface area contributed by atoms with E-state index in [-0.39, 0.29) is 31.0 Å². The average Bonchev–Trinajstić information content (AvgIpc) is 2.64. The first-order valence-corrected chi connectivity index (χ1v) is 10.0. The number of esters is 1. The second kappa shape index (κ2) is 8.58. The van der Waals surface area contributed by atoms with Crippen LogP contribution in [0.15, 0.2) is 29.2 Å². The molecule has 140 valence electrons. The van der Waals surface area contributed by atoms with E-state index in [0.29, 0.717) is 17.4 Å². The van der Waals surface area contributed by atoms with Crippen molar-refractivity contribution >= 4 is 35.2 Å². The van der Waals surface area contributed by atoms with Crippen molar-refractivity contribution in [2.45, 2.75) is 43.5 Å². The highest BCUT2D eigenvalue weighted by molar-refractivity contribution is 8.00. The summed E-state index contributed by atoms with van der Waals surface area (Å²) in [6, 6.07) is 7.61. The van der Waals surface area contributed by atoms with Gasteiger partial charge in [-0.3, -0.25) is 19.3 Å². The van der Waals surface area contributed by atoms with Gasteiger partial charge in [0, 0.05) is 10.9 Å². The molecule has 2 atom stereocenters. The van der Waals surface area contributed by atoms with Gasteiger partial charge in [0.1, 0.15) is 6.54 Å². The summed E-state index contributed by atoms with van der Waals surface area (Å²) in [6.45, 7) is 1.65. The van der Waals surface area contributed by atoms with E-state index in [1.165, 1.54) is 23.1 Å². The Labute approximate surface area is 157 Å². The largest absolute Gasteiger partial charge is 0.454 e. The van der Waals surface area contributed by atoms with E-state index in [2.05, 4.69) is 12.2 Å². The molecule has 1 aromatic carbocycles. The van der Waals surface area contributed by atoms with Gasteiger partial charge in [-0.25, -0.2) is 0 Å². The molecule has 0 unspecified atom stereocenters. The standard InChI is InChI=1S/C19H24N2O4S/c1-13-6-2-3-7-14(13)20-17(22)11-25-19(24)10-21-15-8-4-5-9-16(15)26-12-18(21)23/h4-5,8-9,13-14H,2-3,6-7,10-12H2,1H3,(H,20,22)/t13-,14+/m0/s1. The number of hydrogen-bond acceptors (Lipinski definition) is 5. The molecule has 1 fully saturated rings. The van der Waals surface area contributed by atoms with E-state index >= 15 is 0 Å². The van der Waals surface area contributed by atoms with E-state index in [1.54, 1.807) is 0 Å². The summed E-state index contributed by atoms with van der Waals surface area (Å²) in [7, 11) is 0. The molecule has 0 spiro atoms. The predicted octanol–water partition coefficient (Wildman–Crippen LogP) is 2.36. The molecule has 1 aromatic rings. The summed E-state index contributed by atoms with van der Waals surface area (Å²) in [5.74, 6) is -0.246. The Hall–Kier alpha value is -2.02. The fourth-order valence-electron chi connectivity index (χ4n) is 3.43. The van der Waals surface area contributed by atoms with Crippen LogP contribution in [0.1, 0.15) is 32.6 Å². The second-order valence-corrected chi connectivity index (χ2v) is 7.85. The lowest BCUT2D eigenvalue weighted by Gasteiger charge is -2.29. The number of amides is 2. The quantitative estimate of drug-likeness (QED) is 0.799. The Morgan fingerprint density at radius 1 is 1.27 bits per heavy atom. The molecule has 6 nitrogen and oxygen atoms in total. The van der Waals surface area contributed by atoms with Crippen molar-refractivity contribution in [3.63, 3.8) is 0 Å². The van der Waals surface area contributed by atoms with Crippen LogP contribution in [0.25, 0.3) is 0 Å². The molecule has 1 aliphatic carbocycles. The van der Waals surface area contributed by atoms with Crippen LogP contribution in [0.2, 0.25) is 0 Å². The number of carbonyl (C=O) groups excluding carboxylic acids is 3. The molecule has 2 aliphatic rings. The van der Waals surface area contributed by atoms with Crippen LogP contribution in [-0.2, 0) is 19.1 Å². The molecule has 7 heteroatoms. The maximum atomic E-state index is 12.1. The topological polar surface area (TPSA) is 75.7 Å². The molecule has 3 rings (SSSR count). The van der Waals surface area contributed by atoms with Gasteiger partial charge in [-0.05, 0) is 30.9 Å². The van der Waals surface area contributed by atoms with Crippen molar-refractivity contribution < 1.29 is 19.1 Å². The predicted molar refractivity (Wildman–Crippen MR) is 100 cm³/mol. The van der Waals surface area contributed by atoms with Gasteiger partial charge in [0.25, 0.3) is 5.91 Å². The lowest BCUT2D eigenvalue weighted by Crippen LogP contribution is -2.44. The zero-order valence-corrected chi connectivity index (χ0v) is 15.7. The zero-order valence-electron chi connectivity index (χ0n) is 14.9. The molecule has 0 aromatic heterocycles. The van der Waals surface area contributed by atoms with Gasteiger partial charge in [-0.2, -0.15) is 0 Å². The van der Waals surface area contributed by atoms with Crippen LogP contribution in [0.3, 0.4) is 0 Å². The molecule has 1 heterocycles. The highest BCUT2D eigenvalue weighted by Gasteiger charge is 2.27. The third-order valence-electron chi connectivity index (χ3n) is 4.92. The molecule has 26 heavy (non-hydrogen) atoms. The molecule has 1 N–H and O–H groups in total. The summed E-state index contributed by atoms with van der Waals surface area (Å²) >= 11 is 1.46. The molecule has 0 radical (unpaired) electrons. The number of para-hydroxylation sites is 1. The van der Waals surface area contributed by atoms with Crippen LogP contribution >= 0.6 is 11.8 Å². The zero-order chi connectivity index (χ0) is 18.5. The van der Waals surface area contributed by atoms with Crippen molar-refractivity contribution in [3.8, 4) is 0 Å². The molecular weight excluding hydrogens is 352 g/mol.